The van der Waals surface area contributed by atoms with Crippen molar-refractivity contribution in [3.63, 3.8) is 0 Å². The average molecular weight is 382 g/mol. The predicted octanol–water partition coefficient (Wildman–Crippen LogP) is 3.44. The van der Waals surface area contributed by atoms with Crippen molar-refractivity contribution >= 4 is 17.7 Å². The Morgan fingerprint density at radius 2 is 2.04 bits per heavy atom. The third-order valence-corrected chi connectivity index (χ3v) is 4.17. The zero-order valence-electron chi connectivity index (χ0n) is 16.4. The van der Waals surface area contributed by atoms with Crippen LogP contribution in [0.15, 0.2) is 29.8 Å². The van der Waals surface area contributed by atoms with Crippen LogP contribution < -0.4 is 10.1 Å². The molecular formula is C20H22N4O4. The normalized spacial score (nSPS) is 11.2. The van der Waals surface area contributed by atoms with Crippen molar-refractivity contribution in [2.45, 2.75) is 33.7 Å². The Morgan fingerprint density at radius 3 is 2.57 bits per heavy atom. The van der Waals surface area contributed by atoms with Gasteiger partial charge in [0.15, 0.2) is 0 Å². The quantitative estimate of drug-likeness (QED) is 0.356. The summed E-state index contributed by atoms with van der Waals surface area (Å²) >= 11 is 0. The molecule has 1 aromatic carbocycles. The highest BCUT2D eigenvalue weighted by molar-refractivity contribution is 6.02. The molecule has 0 saturated heterocycles. The Hall–Kier alpha value is -3.60. The third-order valence-electron chi connectivity index (χ3n) is 4.17. The van der Waals surface area contributed by atoms with Crippen LogP contribution in [0.1, 0.15) is 30.8 Å². The van der Waals surface area contributed by atoms with E-state index in [9.17, 15) is 20.2 Å². The van der Waals surface area contributed by atoms with Gasteiger partial charge in [0.1, 0.15) is 17.4 Å². The summed E-state index contributed by atoms with van der Waals surface area (Å²) in [6.45, 7) is 7.27. The topological polar surface area (TPSA) is 110 Å². The number of ether oxygens (including phenoxy) is 1. The van der Waals surface area contributed by atoms with Crippen LogP contribution in [0.5, 0.6) is 5.75 Å². The number of amides is 1. The summed E-state index contributed by atoms with van der Waals surface area (Å²) in [6, 6.07) is 8.00. The number of methoxy groups -OCH3 is 1. The molecule has 2 aromatic rings. The van der Waals surface area contributed by atoms with Crippen molar-refractivity contribution in [3.8, 4) is 17.5 Å². The first-order chi connectivity index (χ1) is 13.2. The smallest absolute Gasteiger partial charge is 0.271 e. The lowest BCUT2D eigenvalue weighted by molar-refractivity contribution is -0.384. The molecule has 1 heterocycles. The number of carbonyl (C=O) groups is 1. The minimum absolute atomic E-state index is 0.0139. The number of nitrogens with one attached hydrogen (secondary N) is 1. The van der Waals surface area contributed by atoms with Gasteiger partial charge in [-0.1, -0.05) is 0 Å². The molecule has 0 atom stereocenters. The van der Waals surface area contributed by atoms with Crippen molar-refractivity contribution < 1.29 is 14.5 Å². The number of carbonyl (C=O) groups excluding carboxylic acids is 1. The van der Waals surface area contributed by atoms with Crippen LogP contribution in [0.2, 0.25) is 0 Å². The highest BCUT2D eigenvalue weighted by Gasteiger charge is 2.18. The lowest BCUT2D eigenvalue weighted by Gasteiger charge is -2.14. The van der Waals surface area contributed by atoms with Crippen LogP contribution in [-0.4, -0.2) is 28.5 Å². The van der Waals surface area contributed by atoms with Gasteiger partial charge in [0.25, 0.3) is 11.6 Å². The monoisotopic (exact) mass is 382 g/mol. The molecule has 0 fully saturated rings. The van der Waals surface area contributed by atoms with E-state index in [1.807, 2.05) is 39.8 Å². The Bertz CT molecular complexity index is 996. The van der Waals surface area contributed by atoms with Crippen molar-refractivity contribution in [2.75, 3.05) is 7.11 Å². The zero-order valence-corrected chi connectivity index (χ0v) is 16.4. The number of nitriles is 1. The fourth-order valence-corrected chi connectivity index (χ4v) is 2.92. The molecule has 8 nitrogen and oxygen atoms in total. The van der Waals surface area contributed by atoms with Gasteiger partial charge in [-0.05, 0) is 51.5 Å². The second kappa shape index (κ2) is 8.39. The molecule has 0 aliphatic heterocycles. The maximum absolute atomic E-state index is 12.2. The molecule has 0 bridgehead atoms. The highest BCUT2D eigenvalue weighted by atomic mass is 16.6. The van der Waals surface area contributed by atoms with Gasteiger partial charge in [-0.2, -0.15) is 5.26 Å². The van der Waals surface area contributed by atoms with Crippen LogP contribution in [0, 0.1) is 35.3 Å². The predicted molar refractivity (Wildman–Crippen MR) is 105 cm³/mol. The van der Waals surface area contributed by atoms with E-state index in [-0.39, 0.29) is 17.3 Å². The Balaban J connectivity index is 2.60. The first kappa shape index (κ1) is 20.7. The van der Waals surface area contributed by atoms with Gasteiger partial charge in [0.2, 0.25) is 0 Å². The number of nitro groups is 1. The molecule has 2 rings (SSSR count). The fraction of sp³-hybridized carbons (Fsp3) is 0.300. The van der Waals surface area contributed by atoms with Gasteiger partial charge in [0.05, 0.1) is 17.7 Å². The zero-order chi connectivity index (χ0) is 21.0. The molecular weight excluding hydrogens is 360 g/mol. The Kier molecular flexibility index (Phi) is 6.21. The first-order valence-corrected chi connectivity index (χ1v) is 8.64. The van der Waals surface area contributed by atoms with Gasteiger partial charge in [-0.3, -0.25) is 14.9 Å². The number of hydrogen-bond acceptors (Lipinski definition) is 5. The molecule has 1 aromatic heterocycles. The van der Waals surface area contributed by atoms with E-state index in [2.05, 4.69) is 5.32 Å². The standard InChI is InChI=1S/C20H22N4O4/c1-12(2)22-20(25)16(11-21)9-15-8-13(3)23(14(15)4)18-10-17(24(26)27)6-7-19(18)28-5/h6-10,12H,1-5H3,(H,22,25)/b16-9-. The summed E-state index contributed by atoms with van der Waals surface area (Å²) in [5.41, 5.74) is 2.61. The average Bonchev–Trinajstić information content (AvgIpc) is 2.91. The van der Waals surface area contributed by atoms with Crippen molar-refractivity contribution in [3.05, 3.63) is 56.9 Å². The Labute approximate surface area is 163 Å². The van der Waals surface area contributed by atoms with Crippen molar-refractivity contribution in [1.82, 2.24) is 9.88 Å². The summed E-state index contributed by atoms with van der Waals surface area (Å²) < 4.78 is 7.16. The first-order valence-electron chi connectivity index (χ1n) is 8.64. The molecule has 0 spiro atoms. The van der Waals surface area contributed by atoms with Crippen LogP contribution in [-0.2, 0) is 4.79 Å². The SMILES string of the molecule is COc1ccc([N+](=O)[O-])cc1-n1c(C)cc(/C=C(/C#N)C(=O)NC(C)C)c1C. The lowest BCUT2D eigenvalue weighted by atomic mass is 10.1. The third kappa shape index (κ3) is 4.20. The largest absolute Gasteiger partial charge is 0.495 e. The molecule has 0 saturated carbocycles. The maximum Gasteiger partial charge on any atom is 0.271 e. The van der Waals surface area contributed by atoms with E-state index in [1.54, 1.807) is 10.6 Å². The minimum atomic E-state index is -0.470. The number of aryl methyl sites for hydroxylation is 1. The van der Waals surface area contributed by atoms with Crippen LogP contribution in [0.4, 0.5) is 5.69 Å². The van der Waals surface area contributed by atoms with Crippen LogP contribution in [0.25, 0.3) is 11.8 Å². The summed E-state index contributed by atoms with van der Waals surface area (Å²) in [5.74, 6) is 0.0243. The molecule has 0 radical (unpaired) electrons. The number of non-ortho nitro benzene ring substituents is 1. The van der Waals surface area contributed by atoms with E-state index in [0.717, 1.165) is 11.4 Å². The number of rotatable bonds is 6. The van der Waals surface area contributed by atoms with Gasteiger partial charge < -0.3 is 14.6 Å². The fourth-order valence-electron chi connectivity index (χ4n) is 2.92. The second-order valence-electron chi connectivity index (χ2n) is 6.57. The summed E-state index contributed by atoms with van der Waals surface area (Å²) in [7, 11) is 1.49. The van der Waals surface area contributed by atoms with Gasteiger partial charge in [-0.15, -0.1) is 0 Å². The van der Waals surface area contributed by atoms with Gasteiger partial charge in [-0.25, -0.2) is 0 Å². The summed E-state index contributed by atoms with van der Waals surface area (Å²) in [6.07, 6.45) is 1.51. The highest BCUT2D eigenvalue weighted by Crippen LogP contribution is 2.32. The lowest BCUT2D eigenvalue weighted by Crippen LogP contribution is -2.30. The molecule has 0 aliphatic rings. The minimum Gasteiger partial charge on any atom is -0.495 e. The van der Waals surface area contributed by atoms with Gasteiger partial charge in [0, 0.05) is 29.6 Å². The molecule has 146 valence electrons. The molecule has 1 N–H and O–H groups in total. The van der Waals surface area contributed by atoms with Crippen molar-refractivity contribution in [1.29, 1.82) is 5.26 Å². The number of nitro benzene ring substituents is 1. The number of benzene rings is 1. The Morgan fingerprint density at radius 1 is 1.36 bits per heavy atom. The molecule has 8 heteroatoms. The van der Waals surface area contributed by atoms with E-state index in [1.165, 1.54) is 25.3 Å². The maximum atomic E-state index is 12.2. The summed E-state index contributed by atoms with van der Waals surface area (Å²) in [5, 5.41) is 23.2. The number of nitrogens with zero attached hydrogens (tertiary/aromatic N) is 3. The van der Waals surface area contributed by atoms with Crippen LogP contribution >= 0.6 is 0 Å². The molecule has 1 amide bonds. The number of aromatic nitrogens is 1. The van der Waals surface area contributed by atoms with Gasteiger partial charge >= 0.3 is 0 Å². The molecule has 28 heavy (non-hydrogen) atoms. The number of hydrogen-bond donors (Lipinski definition) is 1. The van der Waals surface area contributed by atoms with Crippen LogP contribution in [0.3, 0.4) is 0 Å². The van der Waals surface area contributed by atoms with Crippen molar-refractivity contribution in [2.24, 2.45) is 0 Å². The molecule has 0 unspecified atom stereocenters. The van der Waals surface area contributed by atoms with E-state index in [0.29, 0.717) is 17.0 Å². The van der Waals surface area contributed by atoms with E-state index >= 15 is 0 Å². The molecule has 0 aliphatic carbocycles. The summed E-state index contributed by atoms with van der Waals surface area (Å²) in [4.78, 5) is 22.9. The van der Waals surface area contributed by atoms with E-state index < -0.39 is 10.8 Å². The van der Waals surface area contributed by atoms with E-state index in [4.69, 9.17) is 4.74 Å². The second-order valence-corrected chi connectivity index (χ2v) is 6.57.